The first-order chi connectivity index (χ1) is 12.4. The molecule has 1 heteroatoms. The monoisotopic (exact) mass is 364 g/mol. The smallest absolute Gasteiger partial charge is 0.122 e. The highest BCUT2D eigenvalue weighted by Crippen LogP contribution is 2.47. The maximum atomic E-state index is 5.72. The van der Waals surface area contributed by atoms with Crippen molar-refractivity contribution in [1.29, 1.82) is 0 Å². The minimum atomic E-state index is 0.131. The molecule has 1 nitrogen and oxygen atoms in total. The van der Waals surface area contributed by atoms with Gasteiger partial charge >= 0.3 is 0 Å². The van der Waals surface area contributed by atoms with Crippen molar-refractivity contribution < 1.29 is 4.74 Å². The van der Waals surface area contributed by atoms with Gasteiger partial charge in [-0.15, -0.1) is 0 Å². The van der Waals surface area contributed by atoms with Crippen molar-refractivity contribution in [3.63, 3.8) is 0 Å². The number of methoxy groups -OCH3 is 1. The second kappa shape index (κ2) is 6.69. The first kappa shape index (κ1) is 20.0. The Kier molecular flexibility index (Phi) is 4.95. The van der Waals surface area contributed by atoms with Crippen LogP contribution in [0, 0.1) is 5.92 Å². The van der Waals surface area contributed by atoms with Crippen LogP contribution >= 0.6 is 0 Å². The van der Waals surface area contributed by atoms with Gasteiger partial charge in [-0.05, 0) is 63.0 Å². The van der Waals surface area contributed by atoms with E-state index in [2.05, 4.69) is 85.7 Å². The van der Waals surface area contributed by atoms with E-state index in [9.17, 15) is 0 Å². The molecule has 0 heterocycles. The summed E-state index contributed by atoms with van der Waals surface area (Å²) in [4.78, 5) is 0. The van der Waals surface area contributed by atoms with E-state index in [0.29, 0.717) is 11.8 Å². The molecule has 0 spiro atoms. The van der Waals surface area contributed by atoms with Gasteiger partial charge in [-0.25, -0.2) is 0 Å². The lowest BCUT2D eigenvalue weighted by Gasteiger charge is -2.27. The number of ether oxygens (including phenoxy) is 1. The summed E-state index contributed by atoms with van der Waals surface area (Å²) in [7, 11) is 1.79. The molecule has 1 aliphatic carbocycles. The summed E-state index contributed by atoms with van der Waals surface area (Å²) in [5.74, 6) is 2.25. The van der Waals surface area contributed by atoms with Gasteiger partial charge in [0.25, 0.3) is 0 Å². The Hall–Kier alpha value is -1.76. The van der Waals surface area contributed by atoms with Crippen molar-refractivity contribution in [2.45, 2.75) is 78.6 Å². The Morgan fingerprint density at radius 1 is 0.852 bits per heavy atom. The molecule has 3 rings (SSSR count). The van der Waals surface area contributed by atoms with E-state index in [1.54, 1.807) is 7.11 Å². The number of rotatable bonds is 2. The predicted molar refractivity (Wildman–Crippen MR) is 117 cm³/mol. The number of benzene rings is 2. The molecule has 2 aromatic rings. The molecule has 2 aromatic carbocycles. The van der Waals surface area contributed by atoms with Crippen LogP contribution in [0.15, 0.2) is 30.3 Å². The standard InChI is InChI=1S/C26H36O/c1-16-12-22-21(10-11-23(27-9)24(22)17(16)2)18-13-19(25(3,4)5)15-20(14-18)26(6,7)8/h10-11,13-17H,12H2,1-9H3/t16-,17?/m0/s1. The van der Waals surface area contributed by atoms with Gasteiger partial charge in [-0.1, -0.05) is 79.7 Å². The molecule has 1 unspecified atom stereocenters. The summed E-state index contributed by atoms with van der Waals surface area (Å²) in [5, 5.41) is 0. The third kappa shape index (κ3) is 3.66. The molecular weight excluding hydrogens is 328 g/mol. The van der Waals surface area contributed by atoms with E-state index >= 15 is 0 Å². The lowest BCUT2D eigenvalue weighted by atomic mass is 9.78. The second-order valence-electron chi connectivity index (χ2n) is 10.5. The van der Waals surface area contributed by atoms with Gasteiger partial charge in [0.1, 0.15) is 5.75 Å². The highest BCUT2D eigenvalue weighted by atomic mass is 16.5. The van der Waals surface area contributed by atoms with Gasteiger partial charge in [0, 0.05) is 5.56 Å². The average Bonchev–Trinajstić information content (AvgIpc) is 2.87. The van der Waals surface area contributed by atoms with Crippen molar-refractivity contribution >= 4 is 0 Å². The van der Waals surface area contributed by atoms with Gasteiger partial charge in [-0.3, -0.25) is 0 Å². The molecule has 0 aliphatic heterocycles. The van der Waals surface area contributed by atoms with Gasteiger partial charge in [-0.2, -0.15) is 0 Å². The molecule has 0 bridgehead atoms. The third-order valence-electron chi connectivity index (χ3n) is 6.35. The first-order valence-corrected chi connectivity index (χ1v) is 10.3. The van der Waals surface area contributed by atoms with Gasteiger partial charge < -0.3 is 4.74 Å². The third-order valence-corrected chi connectivity index (χ3v) is 6.35. The van der Waals surface area contributed by atoms with Crippen molar-refractivity contribution in [2.75, 3.05) is 7.11 Å². The Morgan fingerprint density at radius 2 is 1.41 bits per heavy atom. The lowest BCUT2D eigenvalue weighted by Crippen LogP contribution is -2.16. The Bertz CT molecular complexity index is 813. The zero-order chi connectivity index (χ0) is 20.1. The zero-order valence-corrected chi connectivity index (χ0v) is 18.7. The molecular formula is C26H36O. The molecule has 0 saturated heterocycles. The van der Waals surface area contributed by atoms with Crippen molar-refractivity contribution in [3.05, 3.63) is 52.6 Å². The Labute approximate surface area is 166 Å². The average molecular weight is 365 g/mol. The van der Waals surface area contributed by atoms with Crippen molar-refractivity contribution in [2.24, 2.45) is 5.92 Å². The maximum absolute atomic E-state index is 5.72. The zero-order valence-electron chi connectivity index (χ0n) is 18.7. The van der Waals surface area contributed by atoms with E-state index in [-0.39, 0.29) is 10.8 Å². The highest BCUT2D eigenvalue weighted by Gasteiger charge is 2.32. The molecule has 0 radical (unpaired) electrons. The number of fused-ring (bicyclic) bond motifs is 1. The summed E-state index contributed by atoms with van der Waals surface area (Å²) in [6.45, 7) is 18.5. The second-order valence-corrected chi connectivity index (χ2v) is 10.5. The summed E-state index contributed by atoms with van der Waals surface area (Å²) in [6, 6.07) is 11.7. The van der Waals surface area contributed by atoms with Crippen LogP contribution in [0.4, 0.5) is 0 Å². The van der Waals surface area contributed by atoms with E-state index < -0.39 is 0 Å². The quantitative estimate of drug-likeness (QED) is 0.545. The van der Waals surface area contributed by atoms with Crippen LogP contribution in [-0.2, 0) is 17.3 Å². The molecule has 0 N–H and O–H groups in total. The van der Waals surface area contributed by atoms with E-state index in [4.69, 9.17) is 4.74 Å². The lowest BCUT2D eigenvalue weighted by molar-refractivity contribution is 0.403. The van der Waals surface area contributed by atoms with Crippen molar-refractivity contribution in [3.8, 4) is 16.9 Å². The molecule has 0 fully saturated rings. The number of hydrogen-bond donors (Lipinski definition) is 0. The topological polar surface area (TPSA) is 9.23 Å². The van der Waals surface area contributed by atoms with Crippen LogP contribution in [0.25, 0.3) is 11.1 Å². The summed E-state index contributed by atoms with van der Waals surface area (Å²) in [5.41, 5.74) is 8.73. The van der Waals surface area contributed by atoms with Gasteiger partial charge in [0.15, 0.2) is 0 Å². The predicted octanol–water partition coefficient (Wildman–Crippen LogP) is 7.25. The van der Waals surface area contributed by atoms with Crippen LogP contribution < -0.4 is 4.74 Å². The summed E-state index contributed by atoms with van der Waals surface area (Å²) < 4.78 is 5.72. The molecule has 2 atom stereocenters. The van der Waals surface area contributed by atoms with Crippen molar-refractivity contribution in [1.82, 2.24) is 0 Å². The largest absolute Gasteiger partial charge is 0.496 e. The molecule has 27 heavy (non-hydrogen) atoms. The van der Waals surface area contributed by atoms with Crippen LogP contribution in [0.1, 0.15) is 83.6 Å². The first-order valence-electron chi connectivity index (χ1n) is 10.3. The normalized spacial score (nSPS) is 19.9. The minimum Gasteiger partial charge on any atom is -0.496 e. The SMILES string of the molecule is COc1ccc(-c2cc(C(C)(C)C)cc(C(C)(C)C)c2)c2c1C(C)[C@@H](C)C2. The van der Waals surface area contributed by atoms with Crippen LogP contribution in [0.3, 0.4) is 0 Å². The van der Waals surface area contributed by atoms with Crippen LogP contribution in [-0.4, -0.2) is 7.11 Å². The van der Waals surface area contributed by atoms with Crippen LogP contribution in [0.5, 0.6) is 5.75 Å². The van der Waals surface area contributed by atoms with E-state index in [1.165, 1.54) is 33.4 Å². The Balaban J connectivity index is 2.27. The molecule has 0 amide bonds. The van der Waals surface area contributed by atoms with E-state index in [0.717, 1.165) is 12.2 Å². The molecule has 146 valence electrons. The van der Waals surface area contributed by atoms with Crippen LogP contribution in [0.2, 0.25) is 0 Å². The number of hydrogen-bond acceptors (Lipinski definition) is 1. The summed E-state index contributed by atoms with van der Waals surface area (Å²) in [6.07, 6.45) is 1.13. The fourth-order valence-corrected chi connectivity index (χ4v) is 4.24. The summed E-state index contributed by atoms with van der Waals surface area (Å²) >= 11 is 0. The van der Waals surface area contributed by atoms with Gasteiger partial charge in [0.2, 0.25) is 0 Å². The highest BCUT2D eigenvalue weighted by molar-refractivity contribution is 5.74. The molecule has 1 aliphatic rings. The fourth-order valence-electron chi connectivity index (χ4n) is 4.24. The molecule has 0 aromatic heterocycles. The van der Waals surface area contributed by atoms with E-state index in [1.807, 2.05) is 0 Å². The molecule has 0 saturated carbocycles. The fraction of sp³-hybridized carbons (Fsp3) is 0.538. The van der Waals surface area contributed by atoms with Gasteiger partial charge in [0.05, 0.1) is 7.11 Å². The minimum absolute atomic E-state index is 0.131. The maximum Gasteiger partial charge on any atom is 0.122 e. The Morgan fingerprint density at radius 3 is 1.89 bits per heavy atom.